The number of anilines is 1. The second-order valence-electron chi connectivity index (χ2n) is 4.74. The van der Waals surface area contributed by atoms with Crippen LogP contribution in [-0.4, -0.2) is 26.8 Å². The number of benzene rings is 1. The van der Waals surface area contributed by atoms with E-state index in [0.29, 0.717) is 6.61 Å². The van der Waals surface area contributed by atoms with Crippen molar-refractivity contribution in [2.24, 2.45) is 5.73 Å². The Morgan fingerprint density at radius 1 is 1.31 bits per heavy atom. The first-order valence-corrected chi connectivity index (χ1v) is 5.95. The van der Waals surface area contributed by atoms with Crippen molar-refractivity contribution in [2.45, 2.75) is 18.9 Å². The van der Waals surface area contributed by atoms with Crippen LogP contribution in [0.2, 0.25) is 0 Å². The third-order valence-corrected chi connectivity index (χ3v) is 3.68. The highest BCUT2D eigenvalue weighted by Gasteiger charge is 2.28. The van der Waals surface area contributed by atoms with Crippen LogP contribution < -0.4 is 10.6 Å². The summed E-state index contributed by atoms with van der Waals surface area (Å²) in [5.41, 5.74) is 11.8. The van der Waals surface area contributed by atoms with Gasteiger partial charge < -0.3 is 15.4 Å². The van der Waals surface area contributed by atoms with E-state index >= 15 is 0 Å². The molecule has 1 unspecified atom stereocenters. The van der Waals surface area contributed by atoms with Gasteiger partial charge in [-0.05, 0) is 29.5 Å². The molecular weight excluding hydrogens is 200 g/mol. The summed E-state index contributed by atoms with van der Waals surface area (Å²) in [7, 11) is 1.70. The molecule has 0 fully saturated rings. The van der Waals surface area contributed by atoms with Crippen LogP contribution in [0.15, 0.2) is 12.1 Å². The average molecular weight is 218 g/mol. The predicted octanol–water partition coefficient (Wildman–Crippen LogP) is 1.25. The Morgan fingerprint density at radius 3 is 2.50 bits per heavy atom. The van der Waals surface area contributed by atoms with Gasteiger partial charge in [0, 0.05) is 25.9 Å². The Bertz CT molecular complexity index is 387. The maximum absolute atomic E-state index is 6.10. The van der Waals surface area contributed by atoms with E-state index in [9.17, 15) is 0 Å². The molecule has 0 bridgehead atoms. The highest BCUT2D eigenvalue weighted by molar-refractivity contribution is 5.67. The van der Waals surface area contributed by atoms with Crippen molar-refractivity contribution in [3.8, 4) is 0 Å². The average Bonchev–Trinajstić information content (AvgIpc) is 2.87. The highest BCUT2D eigenvalue weighted by atomic mass is 16.5. The van der Waals surface area contributed by atoms with E-state index in [1.54, 1.807) is 7.11 Å². The minimum atomic E-state index is 0.0150. The summed E-state index contributed by atoms with van der Waals surface area (Å²) < 4.78 is 5.13. The number of hydrogen-bond donors (Lipinski definition) is 1. The second kappa shape index (κ2) is 3.75. The van der Waals surface area contributed by atoms with Crippen molar-refractivity contribution in [1.29, 1.82) is 0 Å². The number of rotatable bonds is 3. The Kier molecular flexibility index (Phi) is 2.37. The van der Waals surface area contributed by atoms with E-state index in [0.717, 1.165) is 0 Å². The van der Waals surface area contributed by atoms with Crippen LogP contribution in [0.4, 0.5) is 5.69 Å². The summed E-state index contributed by atoms with van der Waals surface area (Å²) in [4.78, 5) is 2.50. The molecule has 3 heteroatoms. The smallest absolute Gasteiger partial charge is 0.0655 e. The molecule has 0 spiro atoms. The van der Waals surface area contributed by atoms with Gasteiger partial charge in [-0.1, -0.05) is 12.1 Å². The van der Waals surface area contributed by atoms with Gasteiger partial charge in [0.2, 0.25) is 0 Å². The normalized spacial score (nSPS) is 19.0. The fourth-order valence-corrected chi connectivity index (χ4v) is 2.91. The molecule has 0 saturated heterocycles. The summed E-state index contributed by atoms with van der Waals surface area (Å²) in [5, 5.41) is 0. The second-order valence-corrected chi connectivity index (χ2v) is 4.74. The van der Waals surface area contributed by atoms with Crippen LogP contribution in [0.25, 0.3) is 0 Å². The number of methoxy groups -OCH3 is 1. The molecule has 0 amide bonds. The van der Waals surface area contributed by atoms with Crippen molar-refractivity contribution in [1.82, 2.24) is 0 Å². The zero-order valence-corrected chi connectivity index (χ0v) is 9.70. The lowest BCUT2D eigenvalue weighted by molar-refractivity contribution is 0.181. The van der Waals surface area contributed by atoms with Crippen LogP contribution in [0.3, 0.4) is 0 Å². The van der Waals surface area contributed by atoms with Gasteiger partial charge in [0.15, 0.2) is 0 Å². The third kappa shape index (κ3) is 1.43. The first-order valence-electron chi connectivity index (χ1n) is 5.95. The number of nitrogens with two attached hydrogens (primary N) is 1. The summed E-state index contributed by atoms with van der Waals surface area (Å²) in [6.07, 6.45) is 2.35. The molecule has 3 nitrogen and oxygen atoms in total. The molecular formula is C13H18N2O. The van der Waals surface area contributed by atoms with Gasteiger partial charge in [-0.2, -0.15) is 0 Å². The molecule has 2 aliphatic rings. The number of ether oxygens (including phenoxy) is 1. The lowest BCUT2D eigenvalue weighted by Gasteiger charge is -2.14. The van der Waals surface area contributed by atoms with Crippen molar-refractivity contribution >= 4 is 5.69 Å². The molecule has 2 aliphatic heterocycles. The summed E-state index contributed by atoms with van der Waals surface area (Å²) in [6.45, 7) is 2.97. The summed E-state index contributed by atoms with van der Waals surface area (Å²) in [6, 6.07) is 4.56. The molecule has 0 radical (unpaired) electrons. The minimum Gasteiger partial charge on any atom is -0.383 e. The van der Waals surface area contributed by atoms with E-state index in [1.807, 2.05) is 0 Å². The van der Waals surface area contributed by atoms with E-state index < -0.39 is 0 Å². The molecule has 1 aromatic carbocycles. The quantitative estimate of drug-likeness (QED) is 0.830. The molecule has 1 atom stereocenters. The maximum atomic E-state index is 6.10. The zero-order chi connectivity index (χ0) is 11.1. The van der Waals surface area contributed by atoms with Gasteiger partial charge in [0.05, 0.1) is 12.6 Å². The Morgan fingerprint density at radius 2 is 1.94 bits per heavy atom. The minimum absolute atomic E-state index is 0.0150. The Labute approximate surface area is 96.2 Å². The first-order chi connectivity index (χ1) is 7.79. The van der Waals surface area contributed by atoms with Gasteiger partial charge in [-0.15, -0.1) is 0 Å². The molecule has 3 rings (SSSR count). The van der Waals surface area contributed by atoms with E-state index in [4.69, 9.17) is 10.5 Å². The largest absolute Gasteiger partial charge is 0.383 e. The Balaban J connectivity index is 1.98. The van der Waals surface area contributed by atoms with Crippen molar-refractivity contribution < 1.29 is 4.74 Å². The lowest BCUT2D eigenvalue weighted by atomic mass is 9.98. The first kappa shape index (κ1) is 10.1. The molecule has 1 aromatic rings. The molecule has 2 heterocycles. The van der Waals surface area contributed by atoms with Gasteiger partial charge in [-0.25, -0.2) is 0 Å². The van der Waals surface area contributed by atoms with Crippen molar-refractivity contribution in [3.05, 3.63) is 28.8 Å². The number of hydrogen-bond acceptors (Lipinski definition) is 3. The van der Waals surface area contributed by atoms with Crippen LogP contribution in [-0.2, 0) is 17.6 Å². The molecule has 16 heavy (non-hydrogen) atoms. The monoisotopic (exact) mass is 218 g/mol. The fraction of sp³-hybridized carbons (Fsp3) is 0.538. The standard InChI is InChI=1S/C13H18N2O/c1-16-8-12(14)11-6-9-2-4-15-5-3-10(7-11)13(9)15/h6-7,12H,2-5,8,14H2,1H3. The molecule has 86 valence electrons. The molecule has 2 N–H and O–H groups in total. The van der Waals surface area contributed by atoms with Gasteiger partial charge >= 0.3 is 0 Å². The molecule has 0 aromatic heterocycles. The lowest BCUT2D eigenvalue weighted by Crippen LogP contribution is -2.17. The SMILES string of the molecule is COCC(N)c1cc2c3c(c1)CCN3CC2. The van der Waals surface area contributed by atoms with Gasteiger partial charge in [-0.3, -0.25) is 0 Å². The van der Waals surface area contributed by atoms with E-state index in [-0.39, 0.29) is 6.04 Å². The fourth-order valence-electron chi connectivity index (χ4n) is 2.91. The Hall–Kier alpha value is -1.06. The van der Waals surface area contributed by atoms with Crippen LogP contribution in [0.1, 0.15) is 22.7 Å². The van der Waals surface area contributed by atoms with Crippen molar-refractivity contribution in [3.63, 3.8) is 0 Å². The van der Waals surface area contributed by atoms with E-state index in [2.05, 4.69) is 17.0 Å². The molecule has 0 saturated carbocycles. The third-order valence-electron chi connectivity index (χ3n) is 3.68. The summed E-state index contributed by atoms with van der Waals surface area (Å²) >= 11 is 0. The highest BCUT2D eigenvalue weighted by Crippen LogP contribution is 2.38. The van der Waals surface area contributed by atoms with Crippen LogP contribution in [0, 0.1) is 0 Å². The van der Waals surface area contributed by atoms with Gasteiger partial charge in [0.1, 0.15) is 0 Å². The maximum Gasteiger partial charge on any atom is 0.0655 e. The van der Waals surface area contributed by atoms with E-state index in [1.165, 1.54) is 48.3 Å². The van der Waals surface area contributed by atoms with Crippen LogP contribution >= 0.6 is 0 Å². The topological polar surface area (TPSA) is 38.5 Å². The predicted molar refractivity (Wildman–Crippen MR) is 64.9 cm³/mol. The van der Waals surface area contributed by atoms with Crippen molar-refractivity contribution in [2.75, 3.05) is 31.7 Å². The number of nitrogens with zero attached hydrogens (tertiary/aromatic N) is 1. The van der Waals surface area contributed by atoms with Gasteiger partial charge in [0.25, 0.3) is 0 Å². The summed E-state index contributed by atoms with van der Waals surface area (Å²) in [5.74, 6) is 0. The zero-order valence-electron chi connectivity index (χ0n) is 9.70. The molecule has 0 aliphatic carbocycles. The van der Waals surface area contributed by atoms with Crippen LogP contribution in [0.5, 0.6) is 0 Å².